The van der Waals surface area contributed by atoms with Crippen LogP contribution in [0.3, 0.4) is 0 Å². The van der Waals surface area contributed by atoms with Crippen LogP contribution in [0.25, 0.3) is 0 Å². The first kappa shape index (κ1) is 31.5. The number of hydrogen-bond donors (Lipinski definition) is 4. The maximum atomic E-state index is 13.4. The number of aliphatic hydroxyl groups excluding tert-OH is 1. The molecule has 4 N–H and O–H groups in total. The Morgan fingerprint density at radius 1 is 1.31 bits per heavy atom. The number of carbonyl (C=O) groups is 1. The minimum absolute atomic E-state index is 0.236. The zero-order chi connectivity index (χ0) is 28.4. The maximum absolute atomic E-state index is 13.4. The molecule has 1 aromatic rings. The van der Waals surface area contributed by atoms with Crippen LogP contribution in [0.4, 0.5) is 4.39 Å². The molecular formula is C29H43FN4O3S2. The first-order valence-electron chi connectivity index (χ1n) is 13.8. The summed E-state index contributed by atoms with van der Waals surface area (Å²) in [7, 11) is -1.39. The predicted octanol–water partition coefficient (Wildman–Crippen LogP) is 4.93. The third kappa shape index (κ3) is 9.55. The molecule has 1 amide bonds. The minimum atomic E-state index is -1.39. The van der Waals surface area contributed by atoms with Gasteiger partial charge in [0.25, 0.3) is 5.91 Å². The molecule has 1 aliphatic carbocycles. The van der Waals surface area contributed by atoms with E-state index < -0.39 is 23.1 Å². The first-order valence-corrected chi connectivity index (χ1v) is 16.3. The lowest BCUT2D eigenvalue weighted by molar-refractivity contribution is -0.119. The van der Waals surface area contributed by atoms with E-state index in [4.69, 9.17) is 0 Å². The third-order valence-corrected chi connectivity index (χ3v) is 8.71. The van der Waals surface area contributed by atoms with Gasteiger partial charge in [0.05, 0.1) is 18.0 Å². The molecule has 1 aromatic carbocycles. The van der Waals surface area contributed by atoms with E-state index in [-0.39, 0.29) is 17.3 Å². The van der Waals surface area contributed by atoms with Gasteiger partial charge in [0, 0.05) is 24.1 Å². The smallest absolute Gasteiger partial charge is 0.267 e. The van der Waals surface area contributed by atoms with Gasteiger partial charge in [-0.05, 0) is 55.7 Å². The first-order chi connectivity index (χ1) is 18.6. The van der Waals surface area contributed by atoms with Gasteiger partial charge in [-0.1, -0.05) is 75.2 Å². The van der Waals surface area contributed by atoms with E-state index in [1.54, 1.807) is 6.08 Å². The predicted molar refractivity (Wildman–Crippen MR) is 161 cm³/mol. The molecule has 2 aliphatic rings. The van der Waals surface area contributed by atoms with Crippen molar-refractivity contribution in [3.8, 4) is 0 Å². The van der Waals surface area contributed by atoms with Crippen LogP contribution in [0.2, 0.25) is 0 Å². The molecule has 3 rings (SSSR count). The van der Waals surface area contributed by atoms with Gasteiger partial charge in [-0.15, -0.1) is 0 Å². The second-order valence-corrected chi connectivity index (χ2v) is 12.7. The molecule has 0 radical (unpaired) electrons. The lowest BCUT2D eigenvalue weighted by atomic mass is 9.75. The van der Waals surface area contributed by atoms with E-state index in [1.165, 1.54) is 48.6 Å². The van der Waals surface area contributed by atoms with Crippen molar-refractivity contribution in [3.05, 3.63) is 59.1 Å². The van der Waals surface area contributed by atoms with Gasteiger partial charge in [0.15, 0.2) is 5.17 Å². The van der Waals surface area contributed by atoms with Crippen LogP contribution in [-0.2, 0) is 21.3 Å². The number of amidine groups is 1. The number of nitrogens with one attached hydrogen (secondary N) is 3. The van der Waals surface area contributed by atoms with Crippen molar-refractivity contribution in [2.24, 2.45) is 4.40 Å². The van der Waals surface area contributed by atoms with Crippen LogP contribution < -0.4 is 16.0 Å². The Balaban J connectivity index is 1.75. The van der Waals surface area contributed by atoms with E-state index in [9.17, 15) is 18.5 Å². The molecule has 10 heteroatoms. The van der Waals surface area contributed by atoms with Crippen LogP contribution in [0, 0.1) is 0 Å². The molecule has 3 unspecified atom stereocenters. The van der Waals surface area contributed by atoms with Crippen molar-refractivity contribution < 1.29 is 18.5 Å². The SMILES string of the molecule is C/C(F)=C\CCC(NC(=O)C1=CCS/C(=N/S(C)=O)N1)C(O)CNC1(c2cccc(C(C)C)c2)CCCCC1. The summed E-state index contributed by atoms with van der Waals surface area (Å²) >= 11 is 1.36. The number of rotatable bonds is 12. The monoisotopic (exact) mass is 578 g/mol. The van der Waals surface area contributed by atoms with E-state index in [0.717, 1.165) is 25.7 Å². The molecule has 1 saturated carbocycles. The van der Waals surface area contributed by atoms with Crippen molar-refractivity contribution in [2.45, 2.75) is 89.3 Å². The summed E-state index contributed by atoms with van der Waals surface area (Å²) in [5, 5.41) is 21.3. The Morgan fingerprint density at radius 2 is 2.05 bits per heavy atom. The number of aliphatic hydroxyl groups is 1. The van der Waals surface area contributed by atoms with Crippen molar-refractivity contribution in [2.75, 3.05) is 18.6 Å². The van der Waals surface area contributed by atoms with Gasteiger partial charge in [-0.25, -0.2) is 8.60 Å². The Labute approximate surface area is 239 Å². The summed E-state index contributed by atoms with van der Waals surface area (Å²) in [4.78, 5) is 13.1. The van der Waals surface area contributed by atoms with Crippen molar-refractivity contribution in [1.29, 1.82) is 0 Å². The second-order valence-electron chi connectivity index (χ2n) is 10.7. The van der Waals surface area contributed by atoms with Crippen LogP contribution in [0.1, 0.15) is 82.8 Å². The van der Waals surface area contributed by atoms with Crippen LogP contribution in [0.5, 0.6) is 0 Å². The molecule has 3 atom stereocenters. The van der Waals surface area contributed by atoms with Crippen molar-refractivity contribution >= 4 is 33.8 Å². The summed E-state index contributed by atoms with van der Waals surface area (Å²) in [6.45, 7) is 6.06. The number of hydrogen-bond acceptors (Lipinski definition) is 5. The van der Waals surface area contributed by atoms with Crippen LogP contribution in [-0.4, -0.2) is 51.1 Å². The highest BCUT2D eigenvalue weighted by Gasteiger charge is 2.35. The minimum Gasteiger partial charge on any atom is -0.390 e. The van der Waals surface area contributed by atoms with Crippen LogP contribution in [0.15, 0.2) is 52.3 Å². The Bertz CT molecular complexity index is 1100. The number of carbonyl (C=O) groups excluding carboxylic acids is 1. The van der Waals surface area contributed by atoms with E-state index in [1.807, 2.05) is 0 Å². The fourth-order valence-electron chi connectivity index (χ4n) is 5.15. The number of halogens is 1. The summed E-state index contributed by atoms with van der Waals surface area (Å²) in [6.07, 6.45) is 9.94. The summed E-state index contributed by atoms with van der Waals surface area (Å²) in [6, 6.07) is 8.13. The molecule has 0 bridgehead atoms. The van der Waals surface area contributed by atoms with E-state index >= 15 is 0 Å². The topological polar surface area (TPSA) is 103 Å². The van der Waals surface area contributed by atoms with Crippen molar-refractivity contribution in [3.63, 3.8) is 0 Å². The lowest BCUT2D eigenvalue weighted by Crippen LogP contribution is -2.53. The Morgan fingerprint density at radius 3 is 2.72 bits per heavy atom. The van der Waals surface area contributed by atoms with Gasteiger partial charge in [0.1, 0.15) is 16.7 Å². The third-order valence-electron chi connectivity index (χ3n) is 7.35. The summed E-state index contributed by atoms with van der Waals surface area (Å²) in [5.41, 5.74) is 2.60. The number of allylic oxidation sites excluding steroid dienone is 2. The molecule has 1 heterocycles. The van der Waals surface area contributed by atoms with Gasteiger partial charge in [-0.3, -0.25) is 4.79 Å². The number of amides is 1. The summed E-state index contributed by atoms with van der Waals surface area (Å²) in [5.74, 6) is 0.266. The molecule has 0 spiro atoms. The van der Waals surface area contributed by atoms with Gasteiger partial charge in [0.2, 0.25) is 0 Å². The molecule has 0 aromatic heterocycles. The fraction of sp³-hybridized carbons (Fsp3) is 0.586. The maximum Gasteiger partial charge on any atom is 0.267 e. The van der Waals surface area contributed by atoms with Gasteiger partial charge >= 0.3 is 0 Å². The normalized spacial score (nSPS) is 21.2. The largest absolute Gasteiger partial charge is 0.390 e. The zero-order valence-corrected chi connectivity index (χ0v) is 25.1. The average molecular weight is 579 g/mol. The van der Waals surface area contributed by atoms with Gasteiger partial charge in [-0.2, -0.15) is 4.40 Å². The fourth-order valence-corrected chi connectivity index (χ4v) is 6.55. The second kappa shape index (κ2) is 15.1. The average Bonchev–Trinajstić information content (AvgIpc) is 2.91. The number of nitrogens with zero attached hydrogens (tertiary/aromatic N) is 1. The highest BCUT2D eigenvalue weighted by molar-refractivity contribution is 8.14. The van der Waals surface area contributed by atoms with Crippen molar-refractivity contribution in [1.82, 2.24) is 16.0 Å². The van der Waals surface area contributed by atoms with Crippen LogP contribution >= 0.6 is 11.8 Å². The molecule has 1 fully saturated rings. The molecule has 39 heavy (non-hydrogen) atoms. The Hall–Kier alpha value is -2.01. The van der Waals surface area contributed by atoms with E-state index in [2.05, 4.69) is 58.5 Å². The quantitative estimate of drug-likeness (QED) is 0.281. The summed E-state index contributed by atoms with van der Waals surface area (Å²) < 4.78 is 28.9. The number of benzene rings is 1. The zero-order valence-electron chi connectivity index (χ0n) is 23.5. The molecule has 7 nitrogen and oxygen atoms in total. The molecule has 216 valence electrons. The van der Waals surface area contributed by atoms with Gasteiger partial charge < -0.3 is 21.1 Å². The molecule has 0 saturated heterocycles. The molecular weight excluding hydrogens is 535 g/mol. The highest BCUT2D eigenvalue weighted by atomic mass is 32.2. The number of thioether (sulfide) groups is 1. The standard InChI is InChI=1S/C29H43FN4O3S2/c1-20(2)22-11-9-12-23(18-22)29(15-6-5-7-16-29)31-19-26(35)24(13-8-10-21(3)30)32-27(36)25-14-17-38-28(33-25)34-39(4)37/h9-12,14,18,20,24,26,31,35H,5-8,13,15-17,19H2,1-4H3,(H,32,36)(H,33,34)/b21-10+. The highest BCUT2D eigenvalue weighted by Crippen LogP contribution is 2.38. The molecule has 1 aliphatic heterocycles. The Kier molecular flexibility index (Phi) is 12.2. The lowest BCUT2D eigenvalue weighted by Gasteiger charge is -2.40. The van der Waals surface area contributed by atoms with E-state index in [0.29, 0.717) is 41.9 Å².